The van der Waals surface area contributed by atoms with E-state index in [1.54, 1.807) is 11.3 Å². The van der Waals surface area contributed by atoms with Crippen LogP contribution in [-0.4, -0.2) is 52.4 Å². The lowest BCUT2D eigenvalue weighted by Gasteiger charge is -2.34. The van der Waals surface area contributed by atoms with Gasteiger partial charge in [0.15, 0.2) is 4.96 Å². The summed E-state index contributed by atoms with van der Waals surface area (Å²) in [5, 5.41) is 8.22. The summed E-state index contributed by atoms with van der Waals surface area (Å²) in [5.41, 5.74) is 1.02. The van der Waals surface area contributed by atoms with Crippen LogP contribution in [0, 0.1) is 0 Å². The smallest absolute Gasteiger partial charge is 0.238 e. The molecule has 6 nitrogen and oxygen atoms in total. The number of rotatable bonds is 4. The number of hydrogen-bond acceptors (Lipinski definition) is 5. The molecule has 108 valence electrons. The first-order valence-corrected chi connectivity index (χ1v) is 7.79. The molecule has 1 aliphatic rings. The first-order valence-electron chi connectivity index (χ1n) is 6.91. The van der Waals surface area contributed by atoms with Crippen LogP contribution in [0.3, 0.4) is 0 Å². The highest BCUT2D eigenvalue weighted by molar-refractivity contribution is 7.15. The Bertz CT molecular complexity index is 564. The van der Waals surface area contributed by atoms with Gasteiger partial charge in [-0.05, 0) is 6.92 Å². The largest absolute Gasteiger partial charge is 0.355 e. The molecule has 20 heavy (non-hydrogen) atoms. The van der Waals surface area contributed by atoms with Crippen LogP contribution in [0.1, 0.15) is 12.6 Å². The highest BCUT2D eigenvalue weighted by atomic mass is 32.1. The van der Waals surface area contributed by atoms with Crippen molar-refractivity contribution in [2.24, 2.45) is 0 Å². The highest BCUT2D eigenvalue weighted by Crippen LogP contribution is 2.14. The maximum atomic E-state index is 12.1. The minimum absolute atomic E-state index is 0.0979. The molecule has 1 fully saturated rings. The second kappa shape index (κ2) is 5.90. The number of hydrogen-bond donors (Lipinski definition) is 2. The first-order chi connectivity index (χ1) is 9.78. The van der Waals surface area contributed by atoms with E-state index in [1.807, 2.05) is 29.1 Å². The van der Waals surface area contributed by atoms with E-state index in [9.17, 15) is 4.79 Å². The first kappa shape index (κ1) is 13.5. The Morgan fingerprint density at radius 3 is 3.35 bits per heavy atom. The van der Waals surface area contributed by atoms with Gasteiger partial charge in [0.05, 0.1) is 5.69 Å². The Morgan fingerprint density at radius 2 is 2.55 bits per heavy atom. The fraction of sp³-hybridized carbons (Fsp3) is 0.538. The van der Waals surface area contributed by atoms with Crippen molar-refractivity contribution in [3.05, 3.63) is 23.5 Å². The van der Waals surface area contributed by atoms with Gasteiger partial charge in [-0.15, -0.1) is 11.3 Å². The minimum atomic E-state index is -0.108. The van der Waals surface area contributed by atoms with E-state index >= 15 is 0 Å². The molecule has 0 aromatic carbocycles. The molecule has 3 rings (SSSR count). The third kappa shape index (κ3) is 2.70. The average molecular weight is 293 g/mol. The zero-order valence-electron chi connectivity index (χ0n) is 11.5. The van der Waals surface area contributed by atoms with Crippen molar-refractivity contribution < 1.29 is 4.79 Å². The van der Waals surface area contributed by atoms with Gasteiger partial charge >= 0.3 is 0 Å². The van der Waals surface area contributed by atoms with Crippen LogP contribution in [0.2, 0.25) is 0 Å². The summed E-state index contributed by atoms with van der Waals surface area (Å²) in [6.45, 7) is 5.82. The van der Waals surface area contributed by atoms with Crippen LogP contribution in [-0.2, 0) is 11.3 Å². The van der Waals surface area contributed by atoms with Gasteiger partial charge in [-0.1, -0.05) is 0 Å². The standard InChI is InChI=1S/C13H19N5OS/c1-2-15-12(19)11-7-14-3-4-17(11)8-10-9-18-5-6-20-13(18)16-10/h5-6,9,11,14H,2-4,7-8H2,1H3,(H,15,19). The second-order valence-corrected chi connectivity index (χ2v) is 5.78. The molecule has 2 aromatic heterocycles. The number of carbonyl (C=O) groups excluding carboxylic acids is 1. The van der Waals surface area contributed by atoms with Gasteiger partial charge in [-0.25, -0.2) is 4.98 Å². The van der Waals surface area contributed by atoms with Crippen molar-refractivity contribution in [2.75, 3.05) is 26.2 Å². The fourth-order valence-corrected chi connectivity index (χ4v) is 3.27. The monoisotopic (exact) mass is 293 g/mol. The molecular weight excluding hydrogens is 274 g/mol. The van der Waals surface area contributed by atoms with Crippen LogP contribution < -0.4 is 10.6 Å². The SMILES string of the molecule is CCNC(=O)C1CNCCN1Cc1cn2ccsc2n1. The summed E-state index contributed by atoms with van der Waals surface area (Å²) < 4.78 is 2.03. The number of thiazole rings is 1. The Hall–Kier alpha value is -1.44. The lowest BCUT2D eigenvalue weighted by Crippen LogP contribution is -2.57. The lowest BCUT2D eigenvalue weighted by atomic mass is 10.1. The summed E-state index contributed by atoms with van der Waals surface area (Å²) in [6, 6.07) is -0.108. The average Bonchev–Trinajstić information content (AvgIpc) is 3.00. The third-order valence-electron chi connectivity index (χ3n) is 3.52. The molecular formula is C13H19N5OS. The van der Waals surface area contributed by atoms with E-state index in [2.05, 4.69) is 20.5 Å². The molecule has 1 aliphatic heterocycles. The van der Waals surface area contributed by atoms with E-state index in [0.29, 0.717) is 13.1 Å². The number of imidazole rings is 1. The van der Waals surface area contributed by atoms with Crippen LogP contribution in [0.4, 0.5) is 0 Å². The summed E-state index contributed by atoms with van der Waals surface area (Å²) in [5.74, 6) is 0.0979. The fourth-order valence-electron chi connectivity index (χ4n) is 2.55. The Kier molecular flexibility index (Phi) is 4.00. The van der Waals surface area contributed by atoms with Gasteiger partial charge in [0.25, 0.3) is 0 Å². The van der Waals surface area contributed by atoms with E-state index in [4.69, 9.17) is 0 Å². The molecule has 2 aromatic rings. The van der Waals surface area contributed by atoms with Crippen LogP contribution in [0.5, 0.6) is 0 Å². The number of likely N-dealkylation sites (N-methyl/N-ethyl adjacent to an activating group) is 1. The molecule has 0 radical (unpaired) electrons. The zero-order chi connectivity index (χ0) is 13.9. The van der Waals surface area contributed by atoms with E-state index in [0.717, 1.165) is 30.3 Å². The maximum absolute atomic E-state index is 12.1. The van der Waals surface area contributed by atoms with Crippen molar-refractivity contribution in [1.29, 1.82) is 0 Å². The Labute approximate surface area is 121 Å². The molecule has 3 heterocycles. The number of piperazine rings is 1. The molecule has 1 saturated heterocycles. The van der Waals surface area contributed by atoms with E-state index in [1.165, 1.54) is 0 Å². The summed E-state index contributed by atoms with van der Waals surface area (Å²) in [4.78, 5) is 19.9. The lowest BCUT2D eigenvalue weighted by molar-refractivity contribution is -0.127. The molecule has 1 unspecified atom stereocenters. The van der Waals surface area contributed by atoms with Gasteiger partial charge in [-0.2, -0.15) is 0 Å². The van der Waals surface area contributed by atoms with Crippen molar-refractivity contribution in [1.82, 2.24) is 24.9 Å². The summed E-state index contributed by atoms with van der Waals surface area (Å²) >= 11 is 1.63. The number of carbonyl (C=O) groups is 1. The molecule has 1 amide bonds. The number of nitrogens with zero attached hydrogens (tertiary/aromatic N) is 3. The van der Waals surface area contributed by atoms with Crippen molar-refractivity contribution in [3.8, 4) is 0 Å². The van der Waals surface area contributed by atoms with Gasteiger partial charge in [-0.3, -0.25) is 14.1 Å². The topological polar surface area (TPSA) is 61.7 Å². The van der Waals surface area contributed by atoms with Gasteiger partial charge in [0, 0.05) is 50.5 Å². The number of amides is 1. The second-order valence-electron chi connectivity index (χ2n) is 4.91. The molecule has 0 saturated carbocycles. The van der Waals surface area contributed by atoms with Crippen molar-refractivity contribution in [2.45, 2.75) is 19.5 Å². The summed E-state index contributed by atoms with van der Waals surface area (Å²) in [7, 11) is 0. The van der Waals surface area contributed by atoms with Gasteiger partial charge < -0.3 is 10.6 Å². The minimum Gasteiger partial charge on any atom is -0.355 e. The normalized spacial score (nSPS) is 20.4. The number of nitrogens with one attached hydrogen (secondary N) is 2. The Balaban J connectivity index is 1.72. The predicted molar refractivity (Wildman–Crippen MR) is 78.8 cm³/mol. The van der Waals surface area contributed by atoms with E-state index < -0.39 is 0 Å². The van der Waals surface area contributed by atoms with Crippen LogP contribution in [0.15, 0.2) is 17.8 Å². The molecule has 0 bridgehead atoms. The molecule has 7 heteroatoms. The van der Waals surface area contributed by atoms with Gasteiger partial charge in [0.1, 0.15) is 6.04 Å². The molecule has 2 N–H and O–H groups in total. The molecule has 0 spiro atoms. The quantitative estimate of drug-likeness (QED) is 0.851. The highest BCUT2D eigenvalue weighted by Gasteiger charge is 2.28. The zero-order valence-corrected chi connectivity index (χ0v) is 12.3. The summed E-state index contributed by atoms with van der Waals surface area (Å²) in [6.07, 6.45) is 4.05. The predicted octanol–water partition coefficient (Wildman–Crippen LogP) is 0.306. The molecule has 1 atom stereocenters. The van der Waals surface area contributed by atoms with Crippen molar-refractivity contribution in [3.63, 3.8) is 0 Å². The third-order valence-corrected chi connectivity index (χ3v) is 4.29. The van der Waals surface area contributed by atoms with E-state index in [-0.39, 0.29) is 11.9 Å². The Morgan fingerprint density at radius 1 is 1.65 bits per heavy atom. The molecule has 0 aliphatic carbocycles. The number of aromatic nitrogens is 2. The van der Waals surface area contributed by atoms with Crippen LogP contribution >= 0.6 is 11.3 Å². The van der Waals surface area contributed by atoms with Gasteiger partial charge in [0.2, 0.25) is 5.91 Å². The van der Waals surface area contributed by atoms with Crippen molar-refractivity contribution >= 4 is 22.2 Å². The maximum Gasteiger partial charge on any atom is 0.238 e. The number of fused-ring (bicyclic) bond motifs is 1. The van der Waals surface area contributed by atoms with Crippen LogP contribution in [0.25, 0.3) is 4.96 Å².